The molecule has 50 valence electrons. The number of halogens is 2. The molecule has 0 aliphatic heterocycles. The molecule has 0 radical (unpaired) electrons. The minimum atomic E-state index is 0. The fourth-order valence-corrected chi connectivity index (χ4v) is 0.839. The molecule has 0 unspecified atom stereocenters. The summed E-state index contributed by atoms with van der Waals surface area (Å²) < 4.78 is 0.894. The Morgan fingerprint density at radius 1 is 1.22 bits per heavy atom. The summed E-state index contributed by atoms with van der Waals surface area (Å²) in [5, 5.41) is 8.91. The zero-order valence-corrected chi connectivity index (χ0v) is 7.52. The van der Waals surface area contributed by atoms with E-state index in [2.05, 4.69) is 22.6 Å². The molecule has 3 heteroatoms. The Bertz CT molecular complexity index is 169. The second-order valence-corrected chi connectivity index (χ2v) is 2.61. The molecule has 0 bridgehead atoms. The van der Waals surface area contributed by atoms with Crippen LogP contribution in [0.3, 0.4) is 0 Å². The van der Waals surface area contributed by atoms with Crippen molar-refractivity contribution in [3.05, 3.63) is 27.8 Å². The third-order valence-electron chi connectivity index (χ3n) is 0.852. The van der Waals surface area contributed by atoms with Crippen molar-refractivity contribution in [1.29, 1.82) is 0 Å². The lowest BCUT2D eigenvalue weighted by atomic mass is 10.3. The van der Waals surface area contributed by atoms with Crippen LogP contribution in [0.15, 0.2) is 24.3 Å². The first-order chi connectivity index (χ1) is 3.80. The molecular formula is C6H6ClIO. The van der Waals surface area contributed by atoms with E-state index in [0.29, 0.717) is 5.75 Å². The van der Waals surface area contributed by atoms with E-state index in [1.807, 2.05) is 12.1 Å². The molecule has 1 nitrogen and oxygen atoms in total. The van der Waals surface area contributed by atoms with E-state index in [9.17, 15) is 0 Å². The van der Waals surface area contributed by atoms with Gasteiger partial charge in [-0.2, -0.15) is 0 Å². The van der Waals surface area contributed by atoms with Crippen LogP contribution < -0.4 is 0 Å². The third kappa shape index (κ3) is 2.41. The van der Waals surface area contributed by atoms with Crippen LogP contribution in [0.25, 0.3) is 0 Å². The first kappa shape index (κ1) is 9.04. The minimum Gasteiger partial charge on any atom is -0.507 e. The van der Waals surface area contributed by atoms with Crippen molar-refractivity contribution in [2.24, 2.45) is 0 Å². The van der Waals surface area contributed by atoms with Crippen LogP contribution in [0.4, 0.5) is 0 Å². The molecule has 0 amide bonds. The third-order valence-corrected chi connectivity index (χ3v) is 1.76. The maximum Gasteiger partial charge on any atom is 0.128 e. The van der Waals surface area contributed by atoms with E-state index in [-0.39, 0.29) is 12.4 Å². The minimum absolute atomic E-state index is 0. The number of hydrogen-bond acceptors (Lipinski definition) is 1. The lowest BCUT2D eigenvalue weighted by Crippen LogP contribution is -1.67. The van der Waals surface area contributed by atoms with Gasteiger partial charge in [-0.25, -0.2) is 0 Å². The van der Waals surface area contributed by atoms with Crippen molar-refractivity contribution in [1.82, 2.24) is 0 Å². The van der Waals surface area contributed by atoms with Crippen molar-refractivity contribution in [3.8, 4) is 5.75 Å². The standard InChI is InChI=1S/C6H5IO.ClH/c7-5-3-1-2-4-6(5)8;/h1-4,8H;1H. The summed E-state index contributed by atoms with van der Waals surface area (Å²) in [7, 11) is 0. The Morgan fingerprint density at radius 2 is 1.78 bits per heavy atom. The summed E-state index contributed by atoms with van der Waals surface area (Å²) in [5.74, 6) is 0.355. The normalized spacial score (nSPS) is 8.11. The summed E-state index contributed by atoms with van der Waals surface area (Å²) in [4.78, 5) is 0. The van der Waals surface area contributed by atoms with Gasteiger partial charge in [0.15, 0.2) is 0 Å². The molecule has 0 atom stereocenters. The molecule has 0 aromatic heterocycles. The van der Waals surface area contributed by atoms with E-state index in [0.717, 1.165) is 3.57 Å². The van der Waals surface area contributed by atoms with E-state index < -0.39 is 0 Å². The molecule has 0 spiro atoms. The number of rotatable bonds is 0. The summed E-state index contributed by atoms with van der Waals surface area (Å²) >= 11 is 2.07. The predicted molar refractivity (Wildman–Crippen MR) is 48.1 cm³/mol. The average Bonchev–Trinajstić information content (AvgIpc) is 1.77. The summed E-state index contributed by atoms with van der Waals surface area (Å²) in [6.45, 7) is 0. The Morgan fingerprint density at radius 3 is 2.11 bits per heavy atom. The van der Waals surface area contributed by atoms with Gasteiger partial charge < -0.3 is 5.11 Å². The zero-order valence-electron chi connectivity index (χ0n) is 4.54. The van der Waals surface area contributed by atoms with Crippen LogP contribution in [0.1, 0.15) is 0 Å². The molecule has 0 aliphatic carbocycles. The van der Waals surface area contributed by atoms with Crippen molar-refractivity contribution in [2.75, 3.05) is 0 Å². The number of hydrogen-bond donors (Lipinski definition) is 1. The van der Waals surface area contributed by atoms with Crippen LogP contribution in [0.2, 0.25) is 0 Å². The average molecular weight is 256 g/mol. The number of benzene rings is 1. The molecule has 0 fully saturated rings. The number of phenolic OH excluding ortho intramolecular Hbond substituents is 1. The molecular weight excluding hydrogens is 250 g/mol. The van der Waals surface area contributed by atoms with Gasteiger partial charge in [-0.3, -0.25) is 0 Å². The van der Waals surface area contributed by atoms with Crippen molar-refractivity contribution < 1.29 is 5.11 Å². The predicted octanol–water partition coefficient (Wildman–Crippen LogP) is 2.42. The Balaban J connectivity index is 0.000000640. The molecule has 0 saturated carbocycles. The van der Waals surface area contributed by atoms with Gasteiger partial charge in [-0.15, -0.1) is 12.4 Å². The SMILES string of the molecule is Cl.Oc1ccccc1I. The van der Waals surface area contributed by atoms with Gasteiger partial charge in [0.2, 0.25) is 0 Å². The Hall–Kier alpha value is 0.0400. The first-order valence-electron chi connectivity index (χ1n) is 2.24. The number of aromatic hydroxyl groups is 1. The Labute approximate surface area is 73.6 Å². The Kier molecular flexibility index (Phi) is 3.97. The maximum absolute atomic E-state index is 8.91. The highest BCUT2D eigenvalue weighted by Gasteiger charge is 1.89. The summed E-state index contributed by atoms with van der Waals surface area (Å²) in [6.07, 6.45) is 0. The lowest BCUT2D eigenvalue weighted by molar-refractivity contribution is 0.471. The quantitative estimate of drug-likeness (QED) is 0.707. The van der Waals surface area contributed by atoms with Gasteiger partial charge in [-0.1, -0.05) is 12.1 Å². The summed E-state index contributed by atoms with van der Waals surface area (Å²) in [6, 6.07) is 7.22. The first-order valence-corrected chi connectivity index (χ1v) is 3.32. The van der Waals surface area contributed by atoms with Gasteiger partial charge >= 0.3 is 0 Å². The maximum atomic E-state index is 8.91. The molecule has 1 rings (SSSR count). The molecule has 0 heterocycles. The molecule has 1 aromatic carbocycles. The van der Waals surface area contributed by atoms with Crippen molar-refractivity contribution in [3.63, 3.8) is 0 Å². The van der Waals surface area contributed by atoms with Crippen molar-refractivity contribution >= 4 is 35.0 Å². The fourth-order valence-electron chi connectivity index (χ4n) is 0.452. The van der Waals surface area contributed by atoms with Crippen molar-refractivity contribution in [2.45, 2.75) is 0 Å². The highest BCUT2D eigenvalue weighted by molar-refractivity contribution is 14.1. The molecule has 1 aromatic rings. The highest BCUT2D eigenvalue weighted by atomic mass is 127. The van der Waals surface area contributed by atoms with Gasteiger partial charge in [0.25, 0.3) is 0 Å². The fraction of sp³-hybridized carbons (Fsp3) is 0. The van der Waals surface area contributed by atoms with Gasteiger partial charge in [0.05, 0.1) is 3.57 Å². The van der Waals surface area contributed by atoms with Gasteiger partial charge in [0.1, 0.15) is 5.75 Å². The number of phenols is 1. The van der Waals surface area contributed by atoms with E-state index in [4.69, 9.17) is 5.11 Å². The van der Waals surface area contributed by atoms with Crippen LogP contribution in [-0.2, 0) is 0 Å². The molecule has 9 heavy (non-hydrogen) atoms. The van der Waals surface area contributed by atoms with E-state index in [1.54, 1.807) is 12.1 Å². The topological polar surface area (TPSA) is 20.2 Å². The zero-order chi connectivity index (χ0) is 5.98. The molecule has 1 N–H and O–H groups in total. The smallest absolute Gasteiger partial charge is 0.128 e. The van der Waals surface area contributed by atoms with Gasteiger partial charge in [0, 0.05) is 0 Å². The second kappa shape index (κ2) is 3.95. The van der Waals surface area contributed by atoms with Crippen LogP contribution in [0.5, 0.6) is 5.75 Å². The monoisotopic (exact) mass is 256 g/mol. The largest absolute Gasteiger partial charge is 0.507 e. The van der Waals surface area contributed by atoms with Crippen LogP contribution in [-0.4, -0.2) is 5.11 Å². The van der Waals surface area contributed by atoms with E-state index >= 15 is 0 Å². The van der Waals surface area contributed by atoms with E-state index in [1.165, 1.54) is 0 Å². The molecule has 0 aliphatic rings. The second-order valence-electron chi connectivity index (χ2n) is 1.45. The van der Waals surface area contributed by atoms with Gasteiger partial charge in [-0.05, 0) is 34.7 Å². The molecule has 0 saturated heterocycles. The summed E-state index contributed by atoms with van der Waals surface area (Å²) in [5.41, 5.74) is 0. The van der Waals surface area contributed by atoms with Crippen LogP contribution in [0, 0.1) is 3.57 Å². The van der Waals surface area contributed by atoms with Crippen LogP contribution >= 0.6 is 35.0 Å². The highest BCUT2D eigenvalue weighted by Crippen LogP contribution is 2.16. The lowest BCUT2D eigenvalue weighted by Gasteiger charge is -1.90. The number of para-hydroxylation sites is 1.